The van der Waals surface area contributed by atoms with Gasteiger partial charge in [0, 0.05) is 17.6 Å². The van der Waals surface area contributed by atoms with E-state index in [0.717, 1.165) is 6.54 Å². The Morgan fingerprint density at radius 2 is 1.92 bits per heavy atom. The van der Waals surface area contributed by atoms with Gasteiger partial charge in [0.1, 0.15) is 5.76 Å². The molecule has 0 saturated carbocycles. The number of halogens is 2. The zero-order valence-corrected chi connectivity index (χ0v) is 16.5. The fraction of sp³-hybridized carbons (Fsp3) is 0.333. The van der Waals surface area contributed by atoms with Crippen molar-refractivity contribution in [2.24, 2.45) is 0 Å². The molecule has 0 radical (unpaired) electrons. The topological polar surface area (TPSA) is 83.4 Å². The predicted octanol–water partition coefficient (Wildman–Crippen LogP) is 3.64. The predicted molar refractivity (Wildman–Crippen MR) is 106 cm³/mol. The van der Waals surface area contributed by atoms with Crippen molar-refractivity contribution in [3.63, 3.8) is 0 Å². The molecule has 2 aromatic rings. The standard InChI is InChI=1S/C18H22ClN3O3.ClH/c1-4-20-11(2)10-21-17(23)15-6-5-13(19)9-16(15)22-18(24)14-7-8-25-12(14)3;/h5-9,11,20H,4,10H2,1-3H3,(H,21,23)(H,22,24);1H/t11-;/m1./s1. The van der Waals surface area contributed by atoms with Gasteiger partial charge in [-0.2, -0.15) is 0 Å². The summed E-state index contributed by atoms with van der Waals surface area (Å²) in [6, 6.07) is 6.48. The third-order valence-electron chi connectivity index (χ3n) is 3.70. The van der Waals surface area contributed by atoms with Gasteiger partial charge in [0.15, 0.2) is 0 Å². The number of aryl methyl sites for hydroxylation is 1. The maximum Gasteiger partial charge on any atom is 0.259 e. The first kappa shape index (κ1) is 22.0. The summed E-state index contributed by atoms with van der Waals surface area (Å²) in [6.45, 7) is 6.98. The molecule has 2 rings (SSSR count). The number of nitrogens with one attached hydrogen (secondary N) is 3. The maximum atomic E-state index is 12.5. The van der Waals surface area contributed by atoms with Crippen molar-refractivity contribution in [2.75, 3.05) is 18.4 Å². The van der Waals surface area contributed by atoms with E-state index in [1.165, 1.54) is 6.26 Å². The summed E-state index contributed by atoms with van der Waals surface area (Å²) in [5, 5.41) is 9.22. The summed E-state index contributed by atoms with van der Waals surface area (Å²) in [5.74, 6) is -0.130. The molecule has 3 N–H and O–H groups in total. The number of anilines is 1. The molecule has 0 spiro atoms. The Balaban J connectivity index is 0.00000338. The molecule has 1 aromatic heterocycles. The Morgan fingerprint density at radius 1 is 1.19 bits per heavy atom. The average molecular weight is 400 g/mol. The summed E-state index contributed by atoms with van der Waals surface area (Å²) < 4.78 is 5.14. The number of carbonyl (C=O) groups excluding carboxylic acids is 2. The van der Waals surface area contributed by atoms with Crippen molar-refractivity contribution in [3.05, 3.63) is 52.4 Å². The highest BCUT2D eigenvalue weighted by atomic mass is 35.5. The van der Waals surface area contributed by atoms with Crippen LogP contribution in [0.4, 0.5) is 5.69 Å². The van der Waals surface area contributed by atoms with Gasteiger partial charge in [0.05, 0.1) is 23.1 Å². The van der Waals surface area contributed by atoms with Crippen LogP contribution in [-0.2, 0) is 0 Å². The molecule has 1 aromatic carbocycles. The minimum absolute atomic E-state index is 0. The van der Waals surface area contributed by atoms with Crippen molar-refractivity contribution < 1.29 is 14.0 Å². The molecule has 0 saturated heterocycles. The van der Waals surface area contributed by atoms with E-state index in [-0.39, 0.29) is 30.3 Å². The van der Waals surface area contributed by atoms with Gasteiger partial charge in [-0.1, -0.05) is 18.5 Å². The Kier molecular flexibility index (Phi) is 8.65. The van der Waals surface area contributed by atoms with Crippen LogP contribution in [0.2, 0.25) is 5.02 Å². The number of hydrogen-bond acceptors (Lipinski definition) is 4. The maximum absolute atomic E-state index is 12.5. The Hall–Kier alpha value is -2.02. The zero-order valence-electron chi connectivity index (χ0n) is 14.9. The molecule has 0 aliphatic rings. The highest BCUT2D eigenvalue weighted by Crippen LogP contribution is 2.22. The summed E-state index contributed by atoms with van der Waals surface area (Å²) >= 11 is 6.02. The first-order valence-electron chi connectivity index (χ1n) is 8.09. The first-order chi connectivity index (χ1) is 11.9. The van der Waals surface area contributed by atoms with Crippen molar-refractivity contribution in [3.8, 4) is 0 Å². The van der Waals surface area contributed by atoms with Gasteiger partial charge in [0.25, 0.3) is 11.8 Å². The van der Waals surface area contributed by atoms with Crippen LogP contribution in [0.5, 0.6) is 0 Å². The van der Waals surface area contributed by atoms with E-state index in [2.05, 4.69) is 16.0 Å². The fourth-order valence-corrected chi connectivity index (χ4v) is 2.56. The molecule has 1 heterocycles. The van der Waals surface area contributed by atoms with Crippen LogP contribution in [0, 0.1) is 6.92 Å². The molecule has 26 heavy (non-hydrogen) atoms. The number of likely N-dealkylation sites (N-methyl/N-ethyl adjacent to an activating group) is 1. The number of hydrogen-bond donors (Lipinski definition) is 3. The number of furan rings is 1. The van der Waals surface area contributed by atoms with E-state index < -0.39 is 0 Å². The van der Waals surface area contributed by atoms with Gasteiger partial charge < -0.3 is 20.4 Å². The lowest BCUT2D eigenvalue weighted by molar-refractivity contribution is 0.0951. The van der Waals surface area contributed by atoms with Crippen LogP contribution in [-0.4, -0.2) is 30.9 Å². The van der Waals surface area contributed by atoms with Gasteiger partial charge in [-0.05, 0) is 44.7 Å². The summed E-state index contributed by atoms with van der Waals surface area (Å²) in [7, 11) is 0. The second-order valence-corrected chi connectivity index (χ2v) is 6.14. The number of rotatable bonds is 7. The van der Waals surface area contributed by atoms with Gasteiger partial charge in [-0.3, -0.25) is 9.59 Å². The third-order valence-corrected chi connectivity index (χ3v) is 3.93. The minimum atomic E-state index is -0.358. The molecule has 0 aliphatic carbocycles. The van der Waals surface area contributed by atoms with Gasteiger partial charge in [-0.25, -0.2) is 0 Å². The van der Waals surface area contributed by atoms with Crippen LogP contribution in [0.1, 0.15) is 40.3 Å². The van der Waals surface area contributed by atoms with E-state index in [0.29, 0.717) is 34.1 Å². The molecule has 0 aliphatic heterocycles. The molecule has 2 amide bonds. The lowest BCUT2D eigenvalue weighted by atomic mass is 10.1. The molecule has 0 fully saturated rings. The SMILES string of the molecule is CCN[C@H](C)CNC(=O)c1ccc(Cl)cc1NC(=O)c1ccoc1C.Cl. The minimum Gasteiger partial charge on any atom is -0.469 e. The molecule has 142 valence electrons. The highest BCUT2D eigenvalue weighted by Gasteiger charge is 2.17. The van der Waals surface area contributed by atoms with E-state index in [1.54, 1.807) is 31.2 Å². The van der Waals surface area contributed by atoms with Gasteiger partial charge >= 0.3 is 0 Å². The Bertz CT molecular complexity index is 762. The van der Waals surface area contributed by atoms with Crippen LogP contribution in [0.25, 0.3) is 0 Å². The third kappa shape index (κ3) is 5.76. The molecule has 8 heteroatoms. The monoisotopic (exact) mass is 399 g/mol. The molecular formula is C18H23Cl2N3O3. The molecule has 0 bridgehead atoms. The number of benzene rings is 1. The normalized spacial score (nSPS) is 11.4. The van der Waals surface area contributed by atoms with Crippen molar-refractivity contribution in [1.29, 1.82) is 0 Å². The molecule has 1 atom stereocenters. The van der Waals surface area contributed by atoms with E-state index in [9.17, 15) is 9.59 Å². The van der Waals surface area contributed by atoms with Crippen molar-refractivity contribution >= 4 is 41.5 Å². The van der Waals surface area contributed by atoms with Crippen LogP contribution in [0.3, 0.4) is 0 Å². The smallest absolute Gasteiger partial charge is 0.259 e. The van der Waals surface area contributed by atoms with Crippen LogP contribution < -0.4 is 16.0 Å². The zero-order chi connectivity index (χ0) is 18.4. The Labute approximate surface area is 164 Å². The summed E-state index contributed by atoms with van der Waals surface area (Å²) in [5.41, 5.74) is 1.11. The fourth-order valence-electron chi connectivity index (χ4n) is 2.39. The van der Waals surface area contributed by atoms with Crippen molar-refractivity contribution in [1.82, 2.24) is 10.6 Å². The lowest BCUT2D eigenvalue weighted by Crippen LogP contribution is -2.39. The summed E-state index contributed by atoms with van der Waals surface area (Å²) in [4.78, 5) is 24.8. The van der Waals surface area contributed by atoms with E-state index in [4.69, 9.17) is 16.0 Å². The van der Waals surface area contributed by atoms with E-state index in [1.807, 2.05) is 13.8 Å². The van der Waals surface area contributed by atoms with Crippen LogP contribution >= 0.6 is 24.0 Å². The number of carbonyl (C=O) groups is 2. The molecular weight excluding hydrogens is 377 g/mol. The second-order valence-electron chi connectivity index (χ2n) is 5.70. The second kappa shape index (κ2) is 10.2. The first-order valence-corrected chi connectivity index (χ1v) is 8.46. The van der Waals surface area contributed by atoms with Gasteiger partial charge in [0.2, 0.25) is 0 Å². The van der Waals surface area contributed by atoms with Crippen molar-refractivity contribution in [2.45, 2.75) is 26.8 Å². The molecule has 0 unspecified atom stereocenters. The highest BCUT2D eigenvalue weighted by molar-refractivity contribution is 6.31. The van der Waals surface area contributed by atoms with Crippen LogP contribution in [0.15, 0.2) is 34.9 Å². The van der Waals surface area contributed by atoms with E-state index >= 15 is 0 Å². The largest absolute Gasteiger partial charge is 0.469 e. The average Bonchev–Trinajstić information content (AvgIpc) is 2.99. The Morgan fingerprint density at radius 3 is 2.54 bits per heavy atom. The summed E-state index contributed by atoms with van der Waals surface area (Å²) in [6.07, 6.45) is 1.44. The lowest BCUT2D eigenvalue weighted by Gasteiger charge is -2.15. The number of amides is 2. The quantitative estimate of drug-likeness (QED) is 0.663. The molecule has 6 nitrogen and oxygen atoms in total. The van der Waals surface area contributed by atoms with Gasteiger partial charge in [-0.15, -0.1) is 12.4 Å².